The van der Waals surface area contributed by atoms with Crippen LogP contribution < -0.4 is 14.8 Å². The van der Waals surface area contributed by atoms with Crippen LogP contribution in [0.3, 0.4) is 0 Å². The first-order valence-corrected chi connectivity index (χ1v) is 8.55. The monoisotopic (exact) mass is 360 g/mol. The Labute approximate surface area is 153 Å². The third kappa shape index (κ3) is 5.84. The second kappa shape index (κ2) is 9.91. The van der Waals surface area contributed by atoms with Crippen LogP contribution >= 0.6 is 0 Å². The van der Waals surface area contributed by atoms with Crippen LogP contribution in [0.25, 0.3) is 0 Å². The lowest BCUT2D eigenvalue weighted by Gasteiger charge is -2.15. The zero-order valence-corrected chi connectivity index (χ0v) is 15.1. The maximum absolute atomic E-state index is 11.4. The molecule has 0 amide bonds. The smallest absolute Gasteiger partial charge is 0.161 e. The van der Waals surface area contributed by atoms with Crippen molar-refractivity contribution in [2.75, 3.05) is 26.8 Å². The number of Topliss-reactive ketones (excluding diaryl/α,β-unsaturated/α-hetero) is 1. The van der Waals surface area contributed by atoms with E-state index in [4.69, 9.17) is 9.47 Å². The van der Waals surface area contributed by atoms with Crippen molar-refractivity contribution in [3.05, 3.63) is 59.7 Å². The molecule has 2 atom stereocenters. The molecule has 0 saturated heterocycles. The van der Waals surface area contributed by atoms with Gasteiger partial charge >= 0.3 is 0 Å². The van der Waals surface area contributed by atoms with E-state index in [2.05, 4.69) is 0 Å². The molecule has 0 saturated carbocycles. The SMILES string of the molecule is COc1cc(C(C)=O)ccc1OC[C@H](O)C[NH2+]C[C@H](O)c1ccccc1. The van der Waals surface area contributed by atoms with Crippen molar-refractivity contribution in [3.8, 4) is 11.5 Å². The third-order valence-corrected chi connectivity index (χ3v) is 4.01. The molecule has 0 aliphatic heterocycles. The van der Waals surface area contributed by atoms with Crippen molar-refractivity contribution < 1.29 is 29.8 Å². The van der Waals surface area contributed by atoms with Crippen LogP contribution in [-0.4, -0.2) is 48.9 Å². The topological polar surface area (TPSA) is 92.6 Å². The molecule has 0 bridgehead atoms. The lowest BCUT2D eigenvalue weighted by molar-refractivity contribution is -0.668. The van der Waals surface area contributed by atoms with Gasteiger partial charge in [0.15, 0.2) is 17.3 Å². The molecule has 0 radical (unpaired) electrons. The number of carbonyl (C=O) groups is 1. The molecule has 140 valence electrons. The highest BCUT2D eigenvalue weighted by molar-refractivity contribution is 5.94. The average Bonchev–Trinajstić information content (AvgIpc) is 2.66. The highest BCUT2D eigenvalue weighted by atomic mass is 16.5. The molecule has 2 rings (SSSR count). The maximum Gasteiger partial charge on any atom is 0.161 e. The molecule has 2 aromatic rings. The maximum atomic E-state index is 11.4. The number of aliphatic hydroxyl groups is 2. The Kier molecular flexibility index (Phi) is 7.59. The van der Waals surface area contributed by atoms with Crippen LogP contribution in [0, 0.1) is 0 Å². The van der Waals surface area contributed by atoms with Gasteiger partial charge in [-0.25, -0.2) is 0 Å². The van der Waals surface area contributed by atoms with Crippen LogP contribution in [0.4, 0.5) is 0 Å². The fraction of sp³-hybridized carbons (Fsp3) is 0.350. The molecule has 26 heavy (non-hydrogen) atoms. The van der Waals surface area contributed by atoms with Gasteiger partial charge in [-0.15, -0.1) is 0 Å². The van der Waals surface area contributed by atoms with E-state index in [1.165, 1.54) is 14.0 Å². The summed E-state index contributed by atoms with van der Waals surface area (Å²) in [6.45, 7) is 2.43. The second-order valence-electron chi connectivity index (χ2n) is 6.07. The highest BCUT2D eigenvalue weighted by Crippen LogP contribution is 2.28. The zero-order valence-electron chi connectivity index (χ0n) is 15.1. The van der Waals surface area contributed by atoms with Crippen molar-refractivity contribution in [2.45, 2.75) is 19.1 Å². The molecule has 4 N–H and O–H groups in total. The first-order chi connectivity index (χ1) is 12.5. The minimum Gasteiger partial charge on any atom is -0.493 e. The summed E-state index contributed by atoms with van der Waals surface area (Å²) in [5, 5.41) is 22.0. The predicted octanol–water partition coefficient (Wildman–Crippen LogP) is 0.934. The number of aliphatic hydroxyl groups excluding tert-OH is 2. The molecule has 0 aromatic heterocycles. The van der Waals surface area contributed by atoms with Crippen LogP contribution in [0.5, 0.6) is 11.5 Å². The predicted molar refractivity (Wildman–Crippen MR) is 97.6 cm³/mol. The average molecular weight is 360 g/mol. The Morgan fingerprint density at radius 3 is 2.46 bits per heavy atom. The highest BCUT2D eigenvalue weighted by Gasteiger charge is 2.14. The van der Waals surface area contributed by atoms with E-state index in [9.17, 15) is 15.0 Å². The van der Waals surface area contributed by atoms with Crippen LogP contribution in [0.2, 0.25) is 0 Å². The number of hydrogen-bond donors (Lipinski definition) is 3. The Morgan fingerprint density at radius 2 is 1.81 bits per heavy atom. The molecule has 6 nitrogen and oxygen atoms in total. The van der Waals surface area contributed by atoms with E-state index in [-0.39, 0.29) is 12.4 Å². The van der Waals surface area contributed by atoms with E-state index in [0.29, 0.717) is 30.2 Å². The number of ketones is 1. The molecule has 0 fully saturated rings. The van der Waals surface area contributed by atoms with Gasteiger partial charge < -0.3 is 25.0 Å². The lowest BCUT2D eigenvalue weighted by atomic mass is 10.1. The van der Waals surface area contributed by atoms with Gasteiger partial charge in [-0.2, -0.15) is 0 Å². The van der Waals surface area contributed by atoms with Crippen molar-refractivity contribution in [2.24, 2.45) is 0 Å². The van der Waals surface area contributed by atoms with Gasteiger partial charge in [0.25, 0.3) is 0 Å². The number of methoxy groups -OCH3 is 1. The lowest BCUT2D eigenvalue weighted by Crippen LogP contribution is -2.87. The summed E-state index contributed by atoms with van der Waals surface area (Å²) in [6, 6.07) is 14.3. The van der Waals surface area contributed by atoms with E-state index in [0.717, 1.165) is 5.56 Å². The summed E-state index contributed by atoms with van der Waals surface area (Å²) in [6.07, 6.45) is -1.28. The second-order valence-corrected chi connectivity index (χ2v) is 6.07. The minimum atomic E-state index is -0.699. The van der Waals surface area contributed by atoms with Gasteiger partial charge in [0, 0.05) is 5.56 Å². The largest absolute Gasteiger partial charge is 0.493 e. The number of ether oxygens (including phenoxy) is 2. The first-order valence-electron chi connectivity index (χ1n) is 8.55. The molecule has 2 aromatic carbocycles. The number of hydrogen-bond acceptors (Lipinski definition) is 5. The van der Waals surface area contributed by atoms with Gasteiger partial charge in [-0.3, -0.25) is 4.79 Å². The number of rotatable bonds is 10. The van der Waals surface area contributed by atoms with E-state index >= 15 is 0 Å². The number of quaternary nitrogens is 1. The fourth-order valence-corrected chi connectivity index (χ4v) is 2.52. The molecular formula is C20H26NO5+. The van der Waals surface area contributed by atoms with Crippen LogP contribution in [0.15, 0.2) is 48.5 Å². The molecule has 0 unspecified atom stereocenters. The Morgan fingerprint density at radius 1 is 1.08 bits per heavy atom. The Balaban J connectivity index is 1.78. The number of nitrogens with two attached hydrogens (primary N) is 1. The number of benzene rings is 2. The van der Waals surface area contributed by atoms with E-state index < -0.39 is 12.2 Å². The van der Waals surface area contributed by atoms with Crippen molar-refractivity contribution in [3.63, 3.8) is 0 Å². The first kappa shape index (κ1) is 19.9. The molecule has 0 heterocycles. The van der Waals surface area contributed by atoms with E-state index in [1.54, 1.807) is 18.2 Å². The van der Waals surface area contributed by atoms with Crippen molar-refractivity contribution in [1.82, 2.24) is 0 Å². The number of carbonyl (C=O) groups excluding carboxylic acids is 1. The fourth-order valence-electron chi connectivity index (χ4n) is 2.52. The van der Waals surface area contributed by atoms with Crippen molar-refractivity contribution >= 4 is 5.78 Å². The van der Waals surface area contributed by atoms with Gasteiger partial charge in [0.05, 0.1) is 7.11 Å². The van der Waals surface area contributed by atoms with E-state index in [1.807, 2.05) is 35.6 Å². The molecular weight excluding hydrogens is 334 g/mol. The molecule has 0 aliphatic rings. The third-order valence-electron chi connectivity index (χ3n) is 4.01. The Hall–Kier alpha value is -2.41. The van der Waals surface area contributed by atoms with Gasteiger partial charge in [0.1, 0.15) is 31.9 Å². The summed E-state index contributed by atoms with van der Waals surface area (Å²) in [4.78, 5) is 11.4. The van der Waals surface area contributed by atoms with Crippen molar-refractivity contribution in [1.29, 1.82) is 0 Å². The van der Waals surface area contributed by atoms with Crippen LogP contribution in [0.1, 0.15) is 28.9 Å². The summed E-state index contributed by atoms with van der Waals surface area (Å²) >= 11 is 0. The minimum absolute atomic E-state index is 0.0542. The van der Waals surface area contributed by atoms with Crippen LogP contribution in [-0.2, 0) is 0 Å². The summed E-state index contributed by atoms with van der Waals surface area (Å²) < 4.78 is 10.8. The Bertz CT molecular complexity index is 705. The van der Waals surface area contributed by atoms with Gasteiger partial charge in [0.2, 0.25) is 0 Å². The quantitative estimate of drug-likeness (QED) is 0.548. The normalized spacial score (nSPS) is 13.1. The summed E-state index contributed by atoms with van der Waals surface area (Å²) in [5.74, 6) is 0.871. The van der Waals surface area contributed by atoms with Gasteiger partial charge in [-0.1, -0.05) is 30.3 Å². The molecule has 6 heteroatoms. The molecule has 0 spiro atoms. The van der Waals surface area contributed by atoms with Gasteiger partial charge in [-0.05, 0) is 30.7 Å². The standard InChI is InChI=1S/C20H25NO5/c1-14(22)16-8-9-19(20(10-16)25-2)26-13-17(23)11-21-12-18(24)15-6-4-3-5-7-15/h3-10,17-18,21,23-24H,11-13H2,1-2H3/p+1/t17-,18+/m1/s1. The summed E-state index contributed by atoms with van der Waals surface area (Å²) in [7, 11) is 1.50. The molecule has 0 aliphatic carbocycles. The summed E-state index contributed by atoms with van der Waals surface area (Å²) in [5.41, 5.74) is 1.39. The zero-order chi connectivity index (χ0) is 18.9.